The van der Waals surface area contributed by atoms with E-state index < -0.39 is 0 Å². The minimum Gasteiger partial charge on any atom is -0.327 e. The Morgan fingerprint density at radius 2 is 2.00 bits per heavy atom. The van der Waals surface area contributed by atoms with Gasteiger partial charge in [-0.05, 0) is 25.2 Å². The standard InChI is InChI=1S/C10H19N/c1-2-6-10(11)9-7-4-3-5-8-9/h2,9-10H,1,3-8,11H2. The van der Waals surface area contributed by atoms with Gasteiger partial charge in [0, 0.05) is 6.04 Å². The van der Waals surface area contributed by atoms with Crippen molar-refractivity contribution < 1.29 is 0 Å². The van der Waals surface area contributed by atoms with Crippen molar-refractivity contribution in [1.29, 1.82) is 0 Å². The Bertz CT molecular complexity index is 114. The summed E-state index contributed by atoms with van der Waals surface area (Å²) < 4.78 is 0. The summed E-state index contributed by atoms with van der Waals surface area (Å²) in [4.78, 5) is 0. The predicted octanol–water partition coefficient (Wildman–Crippen LogP) is 2.47. The normalized spacial score (nSPS) is 23.0. The maximum Gasteiger partial charge on any atom is 0.0102 e. The van der Waals surface area contributed by atoms with E-state index in [1.807, 2.05) is 6.08 Å². The van der Waals surface area contributed by atoms with Crippen molar-refractivity contribution >= 4 is 0 Å². The Kier molecular flexibility index (Phi) is 3.64. The van der Waals surface area contributed by atoms with Crippen LogP contribution in [0.3, 0.4) is 0 Å². The molecule has 1 saturated carbocycles. The average Bonchev–Trinajstić information content (AvgIpc) is 2.07. The SMILES string of the molecule is C=CCC(N)C1CCCCC1. The van der Waals surface area contributed by atoms with Crippen LogP contribution >= 0.6 is 0 Å². The quantitative estimate of drug-likeness (QED) is 0.619. The van der Waals surface area contributed by atoms with E-state index in [1.54, 1.807) is 0 Å². The first kappa shape index (κ1) is 8.79. The molecular weight excluding hydrogens is 134 g/mol. The summed E-state index contributed by atoms with van der Waals surface area (Å²) in [5, 5.41) is 0. The van der Waals surface area contributed by atoms with Gasteiger partial charge in [0.25, 0.3) is 0 Å². The van der Waals surface area contributed by atoms with Crippen LogP contribution in [-0.4, -0.2) is 6.04 Å². The van der Waals surface area contributed by atoms with Gasteiger partial charge < -0.3 is 5.73 Å². The van der Waals surface area contributed by atoms with Gasteiger partial charge in [-0.15, -0.1) is 6.58 Å². The first-order chi connectivity index (χ1) is 5.34. The average molecular weight is 153 g/mol. The third-order valence-corrected chi connectivity index (χ3v) is 2.69. The second-order valence-electron chi connectivity index (χ2n) is 3.59. The summed E-state index contributed by atoms with van der Waals surface area (Å²) >= 11 is 0. The van der Waals surface area contributed by atoms with Crippen molar-refractivity contribution in [3.05, 3.63) is 12.7 Å². The molecule has 0 heterocycles. The topological polar surface area (TPSA) is 26.0 Å². The van der Waals surface area contributed by atoms with Crippen molar-refractivity contribution in [2.45, 2.75) is 44.6 Å². The van der Waals surface area contributed by atoms with Crippen molar-refractivity contribution in [1.82, 2.24) is 0 Å². The maximum atomic E-state index is 5.99. The van der Waals surface area contributed by atoms with Crippen LogP contribution in [0.1, 0.15) is 38.5 Å². The molecule has 1 fully saturated rings. The summed E-state index contributed by atoms with van der Waals surface area (Å²) in [6.07, 6.45) is 9.80. The van der Waals surface area contributed by atoms with Crippen LogP contribution in [-0.2, 0) is 0 Å². The van der Waals surface area contributed by atoms with E-state index in [1.165, 1.54) is 32.1 Å². The fraction of sp³-hybridized carbons (Fsp3) is 0.800. The molecule has 0 aromatic rings. The third kappa shape index (κ3) is 2.66. The highest BCUT2D eigenvalue weighted by atomic mass is 14.6. The van der Waals surface area contributed by atoms with Crippen LogP contribution in [0.5, 0.6) is 0 Å². The van der Waals surface area contributed by atoms with Gasteiger partial charge in [0.1, 0.15) is 0 Å². The van der Waals surface area contributed by atoms with Gasteiger partial charge in [-0.25, -0.2) is 0 Å². The maximum absolute atomic E-state index is 5.99. The molecule has 1 aliphatic carbocycles. The van der Waals surface area contributed by atoms with Gasteiger partial charge in [-0.3, -0.25) is 0 Å². The van der Waals surface area contributed by atoms with Crippen LogP contribution in [0.2, 0.25) is 0 Å². The van der Waals surface area contributed by atoms with Crippen molar-refractivity contribution in [2.24, 2.45) is 11.7 Å². The lowest BCUT2D eigenvalue weighted by Crippen LogP contribution is -2.30. The van der Waals surface area contributed by atoms with Gasteiger partial charge in [0.2, 0.25) is 0 Å². The summed E-state index contributed by atoms with van der Waals surface area (Å²) in [6, 6.07) is 0.382. The van der Waals surface area contributed by atoms with Crippen molar-refractivity contribution in [2.75, 3.05) is 0 Å². The van der Waals surface area contributed by atoms with Crippen LogP contribution in [0.15, 0.2) is 12.7 Å². The lowest BCUT2D eigenvalue weighted by molar-refractivity contribution is 0.305. The van der Waals surface area contributed by atoms with Crippen LogP contribution in [0, 0.1) is 5.92 Å². The first-order valence-corrected chi connectivity index (χ1v) is 4.71. The highest BCUT2D eigenvalue weighted by Crippen LogP contribution is 2.26. The minimum atomic E-state index is 0.382. The molecule has 0 radical (unpaired) electrons. The summed E-state index contributed by atoms with van der Waals surface area (Å²) in [5.74, 6) is 0.779. The van der Waals surface area contributed by atoms with Gasteiger partial charge >= 0.3 is 0 Å². The van der Waals surface area contributed by atoms with E-state index >= 15 is 0 Å². The molecule has 0 aromatic carbocycles. The van der Waals surface area contributed by atoms with E-state index in [-0.39, 0.29) is 0 Å². The molecule has 1 aliphatic rings. The molecule has 0 saturated heterocycles. The molecule has 11 heavy (non-hydrogen) atoms. The Morgan fingerprint density at radius 1 is 1.36 bits per heavy atom. The fourth-order valence-corrected chi connectivity index (χ4v) is 1.95. The number of hydrogen-bond acceptors (Lipinski definition) is 1. The zero-order valence-corrected chi connectivity index (χ0v) is 7.26. The van der Waals surface area contributed by atoms with Crippen molar-refractivity contribution in [3.8, 4) is 0 Å². The molecule has 0 bridgehead atoms. The molecule has 2 N–H and O–H groups in total. The molecule has 0 spiro atoms. The molecule has 0 amide bonds. The van der Waals surface area contributed by atoms with E-state index in [0.717, 1.165) is 12.3 Å². The van der Waals surface area contributed by atoms with Gasteiger partial charge in [0.05, 0.1) is 0 Å². The van der Waals surface area contributed by atoms with Crippen LogP contribution in [0.4, 0.5) is 0 Å². The highest BCUT2D eigenvalue weighted by molar-refractivity contribution is 4.82. The number of hydrogen-bond donors (Lipinski definition) is 1. The van der Waals surface area contributed by atoms with E-state index in [9.17, 15) is 0 Å². The summed E-state index contributed by atoms with van der Waals surface area (Å²) in [5.41, 5.74) is 5.99. The van der Waals surface area contributed by atoms with E-state index in [0.29, 0.717) is 6.04 Å². The smallest absolute Gasteiger partial charge is 0.0102 e. The number of nitrogens with two attached hydrogens (primary N) is 1. The molecule has 64 valence electrons. The fourth-order valence-electron chi connectivity index (χ4n) is 1.95. The lowest BCUT2D eigenvalue weighted by atomic mass is 9.83. The van der Waals surface area contributed by atoms with Crippen LogP contribution < -0.4 is 5.73 Å². The second-order valence-corrected chi connectivity index (χ2v) is 3.59. The third-order valence-electron chi connectivity index (χ3n) is 2.69. The van der Waals surface area contributed by atoms with Gasteiger partial charge in [0.15, 0.2) is 0 Å². The molecule has 1 unspecified atom stereocenters. The first-order valence-electron chi connectivity index (χ1n) is 4.71. The zero-order valence-electron chi connectivity index (χ0n) is 7.26. The molecule has 1 nitrogen and oxygen atoms in total. The van der Waals surface area contributed by atoms with E-state index in [2.05, 4.69) is 6.58 Å². The molecule has 0 aromatic heterocycles. The Morgan fingerprint density at radius 3 is 2.55 bits per heavy atom. The molecule has 1 atom stereocenters. The summed E-state index contributed by atoms with van der Waals surface area (Å²) in [7, 11) is 0. The molecule has 1 rings (SSSR count). The Balaban J connectivity index is 2.26. The largest absolute Gasteiger partial charge is 0.327 e. The summed E-state index contributed by atoms with van der Waals surface area (Å²) in [6.45, 7) is 3.72. The zero-order chi connectivity index (χ0) is 8.10. The monoisotopic (exact) mass is 153 g/mol. The molecule has 0 aliphatic heterocycles. The Hall–Kier alpha value is -0.300. The predicted molar refractivity (Wildman–Crippen MR) is 49.4 cm³/mol. The van der Waals surface area contributed by atoms with Crippen LogP contribution in [0.25, 0.3) is 0 Å². The van der Waals surface area contributed by atoms with Gasteiger partial charge in [-0.1, -0.05) is 25.3 Å². The number of rotatable bonds is 3. The molecular formula is C10H19N. The van der Waals surface area contributed by atoms with E-state index in [4.69, 9.17) is 5.73 Å². The Labute approximate surface area is 69.7 Å². The second kappa shape index (κ2) is 4.55. The lowest BCUT2D eigenvalue weighted by Gasteiger charge is -2.26. The highest BCUT2D eigenvalue weighted by Gasteiger charge is 2.18. The van der Waals surface area contributed by atoms with Crippen molar-refractivity contribution in [3.63, 3.8) is 0 Å². The molecule has 1 heteroatoms. The van der Waals surface area contributed by atoms with Gasteiger partial charge in [-0.2, -0.15) is 0 Å². The minimum absolute atomic E-state index is 0.382.